The number of nitrogens with zero attached hydrogens (tertiary/aromatic N) is 4. The molecule has 4 rings (SSSR count). The molecule has 182 valence electrons. The highest BCUT2D eigenvalue weighted by atomic mass is 32.2. The van der Waals surface area contributed by atoms with Crippen molar-refractivity contribution in [3.8, 4) is 0 Å². The average molecular weight is 497 g/mol. The summed E-state index contributed by atoms with van der Waals surface area (Å²) in [5.41, 5.74) is 1.38. The Labute approximate surface area is 203 Å². The Hall–Kier alpha value is -3.79. The van der Waals surface area contributed by atoms with Crippen LogP contribution < -0.4 is 9.80 Å². The molecule has 1 aromatic heterocycles. The zero-order valence-corrected chi connectivity index (χ0v) is 20.0. The number of aromatic nitrogens is 1. The fourth-order valence-electron chi connectivity index (χ4n) is 4.01. The number of hydrogen-bond acceptors (Lipinski definition) is 6. The summed E-state index contributed by atoms with van der Waals surface area (Å²) in [5.74, 6) is -1.18. The fourth-order valence-corrected chi connectivity index (χ4v) is 4.92. The van der Waals surface area contributed by atoms with Gasteiger partial charge in [0.15, 0.2) is 9.84 Å². The zero-order chi connectivity index (χ0) is 25.0. The van der Waals surface area contributed by atoms with Gasteiger partial charge in [0, 0.05) is 50.5 Å². The van der Waals surface area contributed by atoms with Gasteiger partial charge in [-0.05, 0) is 42.5 Å². The number of piperazine rings is 1. The molecule has 35 heavy (non-hydrogen) atoms. The molecular formula is C25H25FN4O4S. The highest BCUT2D eigenvalue weighted by molar-refractivity contribution is 7.90. The third-order valence-corrected chi connectivity index (χ3v) is 6.94. The van der Waals surface area contributed by atoms with Gasteiger partial charge in [0.25, 0.3) is 5.91 Å². The molecule has 8 nitrogen and oxygen atoms in total. The number of hydrogen-bond donors (Lipinski definition) is 0. The molecule has 1 aliphatic rings. The van der Waals surface area contributed by atoms with E-state index < -0.39 is 15.7 Å². The zero-order valence-electron chi connectivity index (χ0n) is 19.2. The minimum Gasteiger partial charge on any atom is -0.367 e. The number of carbonyl (C=O) groups is 2. The van der Waals surface area contributed by atoms with E-state index in [1.165, 1.54) is 23.2 Å². The normalized spacial score (nSPS) is 14.0. The molecule has 2 heterocycles. The van der Waals surface area contributed by atoms with Crippen LogP contribution in [0.3, 0.4) is 0 Å². The maximum atomic E-state index is 13.7. The monoisotopic (exact) mass is 496 g/mol. The highest BCUT2D eigenvalue weighted by Crippen LogP contribution is 2.27. The average Bonchev–Trinajstić information content (AvgIpc) is 2.87. The Balaban J connectivity index is 1.48. The van der Waals surface area contributed by atoms with E-state index in [1.54, 1.807) is 47.5 Å². The number of carbonyl (C=O) groups excluding carboxylic acids is 2. The molecular weight excluding hydrogens is 471 g/mol. The highest BCUT2D eigenvalue weighted by Gasteiger charge is 2.28. The van der Waals surface area contributed by atoms with Gasteiger partial charge in [-0.1, -0.05) is 18.2 Å². The molecule has 0 atom stereocenters. The third-order valence-electron chi connectivity index (χ3n) is 5.81. The molecule has 0 saturated carbocycles. The van der Waals surface area contributed by atoms with Crippen molar-refractivity contribution in [2.75, 3.05) is 48.8 Å². The van der Waals surface area contributed by atoms with Gasteiger partial charge in [-0.15, -0.1) is 0 Å². The Morgan fingerprint density at radius 3 is 2.34 bits per heavy atom. The minimum atomic E-state index is -3.63. The van der Waals surface area contributed by atoms with E-state index in [-0.39, 0.29) is 23.3 Å². The molecule has 0 N–H and O–H groups in total. The molecule has 1 aliphatic heterocycles. The van der Waals surface area contributed by atoms with Gasteiger partial charge in [0.1, 0.15) is 12.4 Å². The Morgan fingerprint density at radius 2 is 1.71 bits per heavy atom. The summed E-state index contributed by atoms with van der Waals surface area (Å²) in [6, 6.07) is 16.0. The van der Waals surface area contributed by atoms with E-state index >= 15 is 0 Å². The summed E-state index contributed by atoms with van der Waals surface area (Å²) >= 11 is 0. The van der Waals surface area contributed by atoms with Crippen LogP contribution in [0.4, 0.5) is 15.8 Å². The van der Waals surface area contributed by atoms with Crippen molar-refractivity contribution in [3.05, 3.63) is 84.4 Å². The van der Waals surface area contributed by atoms with Crippen LogP contribution in [0.15, 0.2) is 78.0 Å². The van der Waals surface area contributed by atoms with E-state index in [0.717, 1.165) is 12.3 Å². The first-order valence-corrected chi connectivity index (χ1v) is 12.9. The number of rotatable bonds is 6. The van der Waals surface area contributed by atoms with Crippen molar-refractivity contribution < 1.29 is 22.4 Å². The third kappa shape index (κ3) is 5.65. The maximum Gasteiger partial charge on any atom is 0.260 e. The molecule has 3 aromatic rings. The van der Waals surface area contributed by atoms with Gasteiger partial charge in [-0.25, -0.2) is 12.8 Å². The first-order chi connectivity index (χ1) is 16.7. The second-order valence-electron chi connectivity index (χ2n) is 8.22. The number of para-hydroxylation sites is 1. The molecule has 0 aliphatic carbocycles. The van der Waals surface area contributed by atoms with Crippen molar-refractivity contribution in [2.24, 2.45) is 0 Å². The van der Waals surface area contributed by atoms with Crippen LogP contribution in [0.2, 0.25) is 0 Å². The standard InChI is InChI=1S/C25H25FN4O4S/c1-35(33,34)23-16-20(26)9-10-22(23)28-12-14-29(15-13-28)24(31)18-30(21-7-3-2-4-8-21)25(32)19-6-5-11-27-17-19/h2-11,16-17H,12-15,18H2,1H3. The van der Waals surface area contributed by atoms with Crippen LogP contribution in [-0.2, 0) is 14.6 Å². The van der Waals surface area contributed by atoms with Gasteiger partial charge < -0.3 is 9.80 Å². The molecule has 0 bridgehead atoms. The lowest BCUT2D eigenvalue weighted by Gasteiger charge is -2.37. The van der Waals surface area contributed by atoms with E-state index in [1.807, 2.05) is 11.0 Å². The second kappa shape index (κ2) is 10.2. The van der Waals surface area contributed by atoms with Crippen LogP contribution in [-0.4, -0.2) is 69.1 Å². The maximum absolute atomic E-state index is 13.7. The van der Waals surface area contributed by atoms with Crippen LogP contribution >= 0.6 is 0 Å². The molecule has 1 saturated heterocycles. The first kappa shape index (κ1) is 24.3. The minimum absolute atomic E-state index is 0.0744. The summed E-state index contributed by atoms with van der Waals surface area (Å²) in [7, 11) is -3.63. The summed E-state index contributed by atoms with van der Waals surface area (Å²) in [5, 5.41) is 0. The fraction of sp³-hybridized carbons (Fsp3) is 0.240. The lowest BCUT2D eigenvalue weighted by atomic mass is 10.2. The van der Waals surface area contributed by atoms with E-state index in [0.29, 0.717) is 43.1 Å². The second-order valence-corrected chi connectivity index (χ2v) is 10.2. The van der Waals surface area contributed by atoms with Crippen molar-refractivity contribution in [3.63, 3.8) is 0 Å². The predicted octanol–water partition coefficient (Wildman–Crippen LogP) is 2.62. The van der Waals surface area contributed by atoms with Crippen molar-refractivity contribution in [1.29, 1.82) is 0 Å². The predicted molar refractivity (Wildman–Crippen MR) is 131 cm³/mol. The van der Waals surface area contributed by atoms with Gasteiger partial charge in [0.2, 0.25) is 5.91 Å². The van der Waals surface area contributed by atoms with Gasteiger partial charge >= 0.3 is 0 Å². The van der Waals surface area contributed by atoms with Crippen LogP contribution in [0, 0.1) is 5.82 Å². The number of anilines is 2. The van der Waals surface area contributed by atoms with Crippen LogP contribution in [0.25, 0.3) is 0 Å². The summed E-state index contributed by atoms with van der Waals surface area (Å²) in [4.78, 5) is 35.2. The number of benzene rings is 2. The van der Waals surface area contributed by atoms with E-state index in [9.17, 15) is 22.4 Å². The Bertz CT molecular complexity index is 1310. The quantitative estimate of drug-likeness (QED) is 0.521. The molecule has 0 spiro atoms. The van der Waals surface area contributed by atoms with E-state index in [2.05, 4.69) is 4.98 Å². The smallest absolute Gasteiger partial charge is 0.260 e. The molecule has 2 amide bonds. The van der Waals surface area contributed by atoms with Crippen LogP contribution in [0.5, 0.6) is 0 Å². The van der Waals surface area contributed by atoms with E-state index in [4.69, 9.17) is 0 Å². The lowest BCUT2D eigenvalue weighted by molar-refractivity contribution is -0.129. The number of halogens is 1. The molecule has 2 aromatic carbocycles. The topological polar surface area (TPSA) is 90.9 Å². The van der Waals surface area contributed by atoms with Crippen molar-refractivity contribution in [1.82, 2.24) is 9.88 Å². The number of sulfone groups is 1. The molecule has 0 unspecified atom stereocenters. The van der Waals surface area contributed by atoms with Crippen molar-refractivity contribution in [2.45, 2.75) is 4.90 Å². The SMILES string of the molecule is CS(=O)(=O)c1cc(F)ccc1N1CCN(C(=O)CN(C(=O)c2cccnc2)c2ccccc2)CC1. The largest absolute Gasteiger partial charge is 0.367 e. The van der Waals surface area contributed by atoms with Crippen molar-refractivity contribution >= 4 is 33.0 Å². The van der Waals surface area contributed by atoms with Crippen LogP contribution in [0.1, 0.15) is 10.4 Å². The summed E-state index contributed by atoms with van der Waals surface area (Å²) in [6.45, 7) is 1.28. The van der Waals surface area contributed by atoms with Gasteiger partial charge in [-0.2, -0.15) is 0 Å². The lowest BCUT2D eigenvalue weighted by Crippen LogP contribution is -2.52. The number of amides is 2. The summed E-state index contributed by atoms with van der Waals surface area (Å²) in [6.07, 6.45) is 4.08. The molecule has 0 radical (unpaired) electrons. The molecule has 10 heteroatoms. The van der Waals surface area contributed by atoms with Gasteiger partial charge in [0.05, 0.1) is 16.1 Å². The Morgan fingerprint density at radius 1 is 1.00 bits per heavy atom. The first-order valence-electron chi connectivity index (χ1n) is 11.0. The Kier molecular flexibility index (Phi) is 7.11. The number of pyridine rings is 1. The van der Waals surface area contributed by atoms with Gasteiger partial charge in [-0.3, -0.25) is 19.5 Å². The molecule has 1 fully saturated rings. The summed E-state index contributed by atoms with van der Waals surface area (Å²) < 4.78 is 38.0.